The van der Waals surface area contributed by atoms with Gasteiger partial charge in [0.25, 0.3) is 0 Å². The summed E-state index contributed by atoms with van der Waals surface area (Å²) >= 11 is 0. The first-order chi connectivity index (χ1) is 7.68. The number of alkyl halides is 3. The molecule has 0 amide bonds. The topological polar surface area (TPSA) is 49.2 Å². The van der Waals surface area contributed by atoms with E-state index in [0.717, 1.165) is 6.07 Å². The molecule has 96 valence electrons. The van der Waals surface area contributed by atoms with Gasteiger partial charge in [0.05, 0.1) is 12.1 Å². The Morgan fingerprint density at radius 2 is 1.82 bits per heavy atom. The lowest BCUT2D eigenvalue weighted by molar-refractivity contribution is -0.141. The Hall–Kier alpha value is -1.37. The maximum Gasteiger partial charge on any atom is 0.435 e. The third kappa shape index (κ3) is 3.06. The molecule has 1 aromatic rings. The van der Waals surface area contributed by atoms with E-state index in [1.807, 2.05) is 0 Å². The van der Waals surface area contributed by atoms with E-state index in [2.05, 4.69) is 10.2 Å². The number of hydrogen-bond donors (Lipinski definition) is 1. The number of aliphatic hydroxyl groups excluding tert-OH is 1. The number of likely N-dealkylation sites (N-methyl/N-ethyl adjacent to an activating group) is 1. The second kappa shape index (κ2) is 4.48. The third-order valence-corrected chi connectivity index (χ3v) is 2.58. The number of anilines is 1. The van der Waals surface area contributed by atoms with Crippen LogP contribution in [0.4, 0.5) is 19.0 Å². The number of halogens is 3. The maximum atomic E-state index is 12.3. The van der Waals surface area contributed by atoms with E-state index in [4.69, 9.17) is 5.11 Å². The molecule has 4 nitrogen and oxygen atoms in total. The Bertz CT molecular complexity index is 375. The van der Waals surface area contributed by atoms with Crippen LogP contribution >= 0.6 is 0 Å². The molecule has 0 fully saturated rings. The summed E-state index contributed by atoms with van der Waals surface area (Å²) in [6.45, 7) is 3.34. The van der Waals surface area contributed by atoms with Crippen molar-refractivity contribution in [2.45, 2.75) is 25.6 Å². The molecule has 0 saturated heterocycles. The number of aromatic nitrogens is 2. The summed E-state index contributed by atoms with van der Waals surface area (Å²) in [5.74, 6) is 0.275. The average Bonchev–Trinajstić information content (AvgIpc) is 2.27. The molecule has 0 aliphatic carbocycles. The van der Waals surface area contributed by atoms with Gasteiger partial charge in [-0.15, -0.1) is 10.2 Å². The summed E-state index contributed by atoms with van der Waals surface area (Å²) in [4.78, 5) is 1.57. The van der Waals surface area contributed by atoms with Crippen LogP contribution in [0.25, 0.3) is 0 Å². The van der Waals surface area contributed by atoms with Gasteiger partial charge in [-0.2, -0.15) is 13.2 Å². The van der Waals surface area contributed by atoms with Crippen molar-refractivity contribution in [2.24, 2.45) is 0 Å². The van der Waals surface area contributed by atoms with E-state index in [9.17, 15) is 13.2 Å². The van der Waals surface area contributed by atoms with Gasteiger partial charge in [-0.1, -0.05) is 0 Å². The van der Waals surface area contributed by atoms with Crippen molar-refractivity contribution < 1.29 is 18.3 Å². The highest BCUT2D eigenvalue weighted by atomic mass is 19.4. The van der Waals surface area contributed by atoms with Crippen molar-refractivity contribution in [3.63, 3.8) is 0 Å². The minimum Gasteiger partial charge on any atom is -0.394 e. The lowest BCUT2D eigenvalue weighted by atomic mass is 10.1. The van der Waals surface area contributed by atoms with E-state index in [1.165, 1.54) is 6.07 Å². The molecule has 0 aromatic carbocycles. The molecular weight excluding hydrogens is 235 g/mol. The second-order valence-corrected chi connectivity index (χ2v) is 4.30. The number of rotatable bonds is 3. The molecule has 0 radical (unpaired) electrons. The van der Waals surface area contributed by atoms with Crippen molar-refractivity contribution in [1.82, 2.24) is 10.2 Å². The molecule has 1 N–H and O–H groups in total. The van der Waals surface area contributed by atoms with E-state index in [1.54, 1.807) is 25.8 Å². The van der Waals surface area contributed by atoms with E-state index in [-0.39, 0.29) is 12.4 Å². The molecule has 0 unspecified atom stereocenters. The summed E-state index contributed by atoms with van der Waals surface area (Å²) in [6, 6.07) is 2.10. The number of aliphatic hydroxyl groups is 1. The fourth-order valence-electron chi connectivity index (χ4n) is 1.07. The van der Waals surface area contributed by atoms with Gasteiger partial charge in [0, 0.05) is 7.05 Å². The molecule has 1 aromatic heterocycles. The quantitative estimate of drug-likeness (QED) is 0.885. The highest BCUT2D eigenvalue weighted by Gasteiger charge is 2.33. The highest BCUT2D eigenvalue weighted by Crippen LogP contribution is 2.28. The molecular formula is C10H14F3N3O. The summed E-state index contributed by atoms with van der Waals surface area (Å²) < 4.78 is 36.8. The Morgan fingerprint density at radius 3 is 2.18 bits per heavy atom. The molecule has 1 heterocycles. The van der Waals surface area contributed by atoms with Crippen LogP contribution in [0.2, 0.25) is 0 Å². The predicted octanol–water partition coefficient (Wildman–Crippen LogP) is 1.70. The molecule has 0 spiro atoms. The van der Waals surface area contributed by atoms with Gasteiger partial charge in [0.1, 0.15) is 0 Å². The zero-order valence-corrected chi connectivity index (χ0v) is 9.78. The lowest BCUT2D eigenvalue weighted by Crippen LogP contribution is -2.45. The molecule has 0 aliphatic heterocycles. The van der Waals surface area contributed by atoms with Crippen LogP contribution in [-0.4, -0.2) is 34.5 Å². The molecule has 7 heteroatoms. The van der Waals surface area contributed by atoms with Crippen molar-refractivity contribution >= 4 is 5.82 Å². The summed E-state index contributed by atoms with van der Waals surface area (Å²) in [7, 11) is 1.63. The first-order valence-corrected chi connectivity index (χ1v) is 4.94. The largest absolute Gasteiger partial charge is 0.435 e. The third-order valence-electron chi connectivity index (χ3n) is 2.58. The zero-order chi connectivity index (χ0) is 13.3. The van der Waals surface area contributed by atoms with Crippen LogP contribution in [0.1, 0.15) is 19.5 Å². The monoisotopic (exact) mass is 249 g/mol. The molecule has 1 rings (SSSR count). The molecule has 0 saturated carbocycles. The van der Waals surface area contributed by atoms with Gasteiger partial charge in [0.2, 0.25) is 0 Å². The maximum absolute atomic E-state index is 12.3. The van der Waals surface area contributed by atoms with Gasteiger partial charge in [-0.25, -0.2) is 0 Å². The van der Waals surface area contributed by atoms with Crippen LogP contribution in [0.15, 0.2) is 12.1 Å². The normalized spacial score (nSPS) is 12.6. The van der Waals surface area contributed by atoms with Crippen molar-refractivity contribution in [3.8, 4) is 0 Å². The van der Waals surface area contributed by atoms with E-state index < -0.39 is 17.4 Å². The van der Waals surface area contributed by atoms with Crippen molar-refractivity contribution in [2.75, 3.05) is 18.6 Å². The lowest BCUT2D eigenvalue weighted by Gasteiger charge is -2.34. The number of hydrogen-bond acceptors (Lipinski definition) is 4. The Kier molecular flexibility index (Phi) is 3.61. The second-order valence-electron chi connectivity index (χ2n) is 4.30. The van der Waals surface area contributed by atoms with Gasteiger partial charge < -0.3 is 10.0 Å². The Morgan fingerprint density at radius 1 is 1.24 bits per heavy atom. The predicted molar refractivity (Wildman–Crippen MR) is 56.6 cm³/mol. The first-order valence-electron chi connectivity index (χ1n) is 4.94. The SMILES string of the molecule is CN(c1ccc(C(F)(F)F)nn1)C(C)(C)CO. The Balaban J connectivity index is 2.96. The van der Waals surface area contributed by atoms with Crippen molar-refractivity contribution in [1.29, 1.82) is 0 Å². The summed E-state index contributed by atoms with van der Waals surface area (Å²) in [6.07, 6.45) is -4.49. The summed E-state index contributed by atoms with van der Waals surface area (Å²) in [5.41, 5.74) is -1.65. The first kappa shape index (κ1) is 13.7. The standard InChI is InChI=1S/C10H14F3N3O/c1-9(2,6-17)16(3)8-5-4-7(14-15-8)10(11,12)13/h4-5,17H,6H2,1-3H3. The highest BCUT2D eigenvalue weighted by molar-refractivity contribution is 5.39. The molecule has 0 bridgehead atoms. The fraction of sp³-hybridized carbons (Fsp3) is 0.600. The molecule has 0 aliphatic rings. The van der Waals surface area contributed by atoms with E-state index in [0.29, 0.717) is 0 Å². The minimum atomic E-state index is -4.49. The smallest absolute Gasteiger partial charge is 0.394 e. The van der Waals surface area contributed by atoms with Crippen LogP contribution in [0, 0.1) is 0 Å². The van der Waals surface area contributed by atoms with Crippen LogP contribution in [0.3, 0.4) is 0 Å². The zero-order valence-electron chi connectivity index (χ0n) is 9.78. The van der Waals surface area contributed by atoms with Crippen LogP contribution < -0.4 is 4.90 Å². The van der Waals surface area contributed by atoms with Gasteiger partial charge in [0.15, 0.2) is 11.5 Å². The summed E-state index contributed by atoms with van der Waals surface area (Å²) in [5, 5.41) is 15.8. The molecule has 17 heavy (non-hydrogen) atoms. The fourth-order valence-corrected chi connectivity index (χ4v) is 1.07. The average molecular weight is 249 g/mol. The Labute approximate surface area is 97.1 Å². The van der Waals surface area contributed by atoms with Gasteiger partial charge >= 0.3 is 6.18 Å². The molecule has 0 atom stereocenters. The van der Waals surface area contributed by atoms with E-state index >= 15 is 0 Å². The number of nitrogens with zero attached hydrogens (tertiary/aromatic N) is 3. The van der Waals surface area contributed by atoms with Gasteiger partial charge in [-0.3, -0.25) is 0 Å². The van der Waals surface area contributed by atoms with Crippen LogP contribution in [0.5, 0.6) is 0 Å². The van der Waals surface area contributed by atoms with Crippen molar-refractivity contribution in [3.05, 3.63) is 17.8 Å². The van der Waals surface area contributed by atoms with Gasteiger partial charge in [-0.05, 0) is 26.0 Å². The van der Waals surface area contributed by atoms with Crippen LogP contribution in [-0.2, 0) is 6.18 Å². The minimum absolute atomic E-state index is 0.147.